The van der Waals surface area contributed by atoms with Crippen LogP contribution in [0.2, 0.25) is 0 Å². The van der Waals surface area contributed by atoms with Crippen molar-refractivity contribution in [1.29, 1.82) is 0 Å². The molecule has 1 aromatic carbocycles. The van der Waals surface area contributed by atoms with E-state index in [9.17, 15) is 14.9 Å². The maximum Gasteiger partial charge on any atom is 0.270 e. The molecule has 0 spiro atoms. The van der Waals surface area contributed by atoms with E-state index < -0.39 is 4.92 Å². The smallest absolute Gasteiger partial charge is 0.270 e. The highest BCUT2D eigenvalue weighted by Gasteiger charge is 2.26. The van der Waals surface area contributed by atoms with Crippen molar-refractivity contribution < 1.29 is 9.72 Å². The summed E-state index contributed by atoms with van der Waals surface area (Å²) in [6.07, 6.45) is 4.11. The number of benzene rings is 1. The van der Waals surface area contributed by atoms with Crippen molar-refractivity contribution in [2.45, 2.75) is 38.6 Å². The Labute approximate surface area is 123 Å². The van der Waals surface area contributed by atoms with Crippen LogP contribution in [0, 0.1) is 10.1 Å². The lowest BCUT2D eigenvalue weighted by molar-refractivity contribution is -0.384. The molecule has 1 saturated heterocycles. The first kappa shape index (κ1) is 15.2. The van der Waals surface area contributed by atoms with Crippen LogP contribution in [0.1, 0.15) is 43.0 Å². The van der Waals surface area contributed by atoms with Gasteiger partial charge in [-0.25, -0.2) is 0 Å². The fourth-order valence-corrected chi connectivity index (χ4v) is 2.68. The van der Waals surface area contributed by atoms with E-state index >= 15 is 0 Å². The topological polar surface area (TPSA) is 102 Å². The summed E-state index contributed by atoms with van der Waals surface area (Å²) in [6, 6.07) is 4.21. The Morgan fingerprint density at radius 1 is 1.43 bits per heavy atom. The van der Waals surface area contributed by atoms with E-state index in [-0.39, 0.29) is 23.2 Å². The number of nitrogen functional groups attached to an aromatic ring is 1. The van der Waals surface area contributed by atoms with Crippen molar-refractivity contribution in [2.24, 2.45) is 5.84 Å². The number of nitrogens with two attached hydrogens (primary N) is 1. The zero-order chi connectivity index (χ0) is 15.4. The third-order valence-corrected chi connectivity index (χ3v) is 3.91. The molecule has 0 radical (unpaired) electrons. The molecule has 3 N–H and O–H groups in total. The van der Waals surface area contributed by atoms with Crippen molar-refractivity contribution in [1.82, 2.24) is 4.90 Å². The molecule has 1 aromatic rings. The second-order valence-corrected chi connectivity index (χ2v) is 5.33. The summed E-state index contributed by atoms with van der Waals surface area (Å²) in [5.41, 5.74) is 2.99. The van der Waals surface area contributed by atoms with Crippen molar-refractivity contribution in [2.75, 3.05) is 12.0 Å². The number of anilines is 1. The van der Waals surface area contributed by atoms with E-state index in [0.29, 0.717) is 12.2 Å². The maximum atomic E-state index is 12.7. The summed E-state index contributed by atoms with van der Waals surface area (Å²) in [5, 5.41) is 10.9. The molecule has 0 saturated carbocycles. The number of hydrogen-bond donors (Lipinski definition) is 2. The molecule has 1 unspecified atom stereocenters. The number of nitrogens with one attached hydrogen (secondary N) is 1. The van der Waals surface area contributed by atoms with Crippen molar-refractivity contribution in [3.8, 4) is 0 Å². The highest BCUT2D eigenvalue weighted by atomic mass is 16.6. The number of rotatable bonds is 3. The molecular formula is C14H20N4O3. The van der Waals surface area contributed by atoms with Crippen molar-refractivity contribution in [3.63, 3.8) is 0 Å². The monoisotopic (exact) mass is 292 g/mol. The van der Waals surface area contributed by atoms with Crippen LogP contribution in [-0.2, 0) is 0 Å². The van der Waals surface area contributed by atoms with Crippen LogP contribution in [0.3, 0.4) is 0 Å². The van der Waals surface area contributed by atoms with Gasteiger partial charge in [-0.15, -0.1) is 0 Å². The summed E-state index contributed by atoms with van der Waals surface area (Å²) in [4.78, 5) is 24.9. The Bertz CT molecular complexity index is 547. The number of nitrogens with zero attached hydrogens (tertiary/aromatic N) is 2. The predicted octanol–water partition coefficient (Wildman–Crippen LogP) is 2.29. The predicted molar refractivity (Wildman–Crippen MR) is 79.9 cm³/mol. The number of non-ortho nitro benzene ring substituents is 1. The first-order valence-corrected chi connectivity index (χ1v) is 7.10. The van der Waals surface area contributed by atoms with E-state index in [1.807, 2.05) is 6.92 Å². The van der Waals surface area contributed by atoms with Gasteiger partial charge in [0.25, 0.3) is 11.6 Å². The second-order valence-electron chi connectivity index (χ2n) is 5.33. The molecule has 0 aliphatic carbocycles. The molecule has 1 heterocycles. The van der Waals surface area contributed by atoms with Gasteiger partial charge in [0.1, 0.15) is 0 Å². The lowest BCUT2D eigenvalue weighted by Gasteiger charge is -2.27. The molecular weight excluding hydrogens is 272 g/mol. The Kier molecular flexibility index (Phi) is 4.74. The van der Waals surface area contributed by atoms with Gasteiger partial charge < -0.3 is 10.3 Å². The second kappa shape index (κ2) is 6.53. The van der Waals surface area contributed by atoms with E-state index in [2.05, 4.69) is 5.43 Å². The zero-order valence-electron chi connectivity index (χ0n) is 12.0. The minimum atomic E-state index is -0.511. The van der Waals surface area contributed by atoms with Crippen LogP contribution < -0.4 is 11.3 Å². The minimum absolute atomic E-state index is 0.111. The molecule has 7 heteroatoms. The van der Waals surface area contributed by atoms with Crippen LogP contribution >= 0.6 is 0 Å². The fraction of sp³-hybridized carbons (Fsp3) is 0.500. The number of carbonyl (C=O) groups excluding carboxylic acids is 1. The molecule has 114 valence electrons. The van der Waals surface area contributed by atoms with Gasteiger partial charge in [-0.1, -0.05) is 12.8 Å². The van der Waals surface area contributed by atoms with Crippen LogP contribution in [0.5, 0.6) is 0 Å². The van der Waals surface area contributed by atoms with Gasteiger partial charge in [-0.2, -0.15) is 0 Å². The first-order valence-electron chi connectivity index (χ1n) is 7.10. The average molecular weight is 292 g/mol. The van der Waals surface area contributed by atoms with Gasteiger partial charge in [0.15, 0.2) is 0 Å². The summed E-state index contributed by atoms with van der Waals surface area (Å²) < 4.78 is 0. The zero-order valence-corrected chi connectivity index (χ0v) is 12.0. The van der Waals surface area contributed by atoms with Crippen LogP contribution in [-0.4, -0.2) is 28.3 Å². The number of nitro benzene ring substituents is 1. The molecule has 1 fully saturated rings. The molecule has 2 rings (SSSR count). The number of nitro groups is 1. The molecule has 1 aliphatic rings. The SMILES string of the molecule is CC1CCCCCN1C(=O)c1cc([N+](=O)[O-])ccc1NN. The third-order valence-electron chi connectivity index (χ3n) is 3.91. The summed E-state index contributed by atoms with van der Waals surface area (Å²) in [5.74, 6) is 5.21. The summed E-state index contributed by atoms with van der Waals surface area (Å²) in [7, 11) is 0. The number of likely N-dealkylation sites (tertiary alicyclic amines) is 1. The van der Waals surface area contributed by atoms with E-state index in [1.165, 1.54) is 18.2 Å². The lowest BCUT2D eigenvalue weighted by Crippen LogP contribution is -2.38. The molecule has 21 heavy (non-hydrogen) atoms. The van der Waals surface area contributed by atoms with Gasteiger partial charge in [0.2, 0.25) is 0 Å². The van der Waals surface area contributed by atoms with Gasteiger partial charge >= 0.3 is 0 Å². The van der Waals surface area contributed by atoms with Crippen LogP contribution in [0.15, 0.2) is 18.2 Å². The van der Waals surface area contributed by atoms with E-state index in [4.69, 9.17) is 5.84 Å². The fourth-order valence-electron chi connectivity index (χ4n) is 2.68. The highest BCUT2D eigenvalue weighted by molar-refractivity contribution is 6.00. The molecule has 7 nitrogen and oxygen atoms in total. The van der Waals surface area contributed by atoms with Gasteiger partial charge in [-0.3, -0.25) is 20.8 Å². The van der Waals surface area contributed by atoms with Crippen molar-refractivity contribution >= 4 is 17.3 Å². The van der Waals surface area contributed by atoms with Crippen LogP contribution in [0.25, 0.3) is 0 Å². The number of carbonyl (C=O) groups is 1. The molecule has 1 atom stereocenters. The highest BCUT2D eigenvalue weighted by Crippen LogP contribution is 2.25. The summed E-state index contributed by atoms with van der Waals surface area (Å²) in [6.45, 7) is 2.68. The Balaban J connectivity index is 2.36. The Morgan fingerprint density at radius 3 is 2.86 bits per heavy atom. The lowest BCUT2D eigenvalue weighted by atomic mass is 10.1. The number of amides is 1. The minimum Gasteiger partial charge on any atom is -0.336 e. The first-order chi connectivity index (χ1) is 10.0. The Hall–Kier alpha value is -2.15. The van der Waals surface area contributed by atoms with Crippen LogP contribution in [0.4, 0.5) is 11.4 Å². The summed E-state index contributed by atoms with van der Waals surface area (Å²) >= 11 is 0. The third kappa shape index (κ3) is 3.30. The molecule has 1 amide bonds. The van der Waals surface area contributed by atoms with Gasteiger partial charge in [-0.05, 0) is 25.8 Å². The molecule has 1 aliphatic heterocycles. The standard InChI is InChI=1S/C14H20N4O3/c1-10-5-3-2-4-8-17(10)14(19)12-9-11(18(20)21)6-7-13(12)16-15/h6-7,9-10,16H,2-5,8,15H2,1H3. The largest absolute Gasteiger partial charge is 0.336 e. The quantitative estimate of drug-likeness (QED) is 0.505. The van der Waals surface area contributed by atoms with E-state index in [1.54, 1.807) is 4.90 Å². The van der Waals surface area contributed by atoms with Crippen molar-refractivity contribution in [3.05, 3.63) is 33.9 Å². The van der Waals surface area contributed by atoms with Gasteiger partial charge in [0, 0.05) is 24.7 Å². The molecule has 0 bridgehead atoms. The molecule has 0 aromatic heterocycles. The average Bonchev–Trinajstić information content (AvgIpc) is 2.70. The van der Waals surface area contributed by atoms with E-state index in [0.717, 1.165) is 25.7 Å². The Morgan fingerprint density at radius 2 is 2.19 bits per heavy atom. The van der Waals surface area contributed by atoms with Gasteiger partial charge in [0.05, 0.1) is 16.2 Å². The number of hydrogen-bond acceptors (Lipinski definition) is 5. The number of hydrazine groups is 1. The maximum absolute atomic E-state index is 12.7. The normalized spacial score (nSPS) is 19.0.